The summed E-state index contributed by atoms with van der Waals surface area (Å²) in [7, 11) is 0. The molecule has 0 aromatic rings. The first-order chi connectivity index (χ1) is 15.6. The molecule has 6 rings (SSSR count). The molecule has 0 bridgehead atoms. The highest BCUT2D eigenvalue weighted by atomic mass is 16.9. The van der Waals surface area contributed by atoms with Crippen LogP contribution < -0.4 is 0 Å². The Kier molecular flexibility index (Phi) is 4.60. The van der Waals surface area contributed by atoms with Crippen LogP contribution in [0.15, 0.2) is 11.6 Å². The summed E-state index contributed by atoms with van der Waals surface area (Å²) in [5, 5.41) is 0. The Morgan fingerprint density at radius 1 is 1.15 bits per heavy atom. The first-order valence-electron chi connectivity index (χ1n) is 13.1. The zero-order valence-electron chi connectivity index (χ0n) is 20.7. The van der Waals surface area contributed by atoms with Crippen LogP contribution in [0.5, 0.6) is 0 Å². The summed E-state index contributed by atoms with van der Waals surface area (Å²) >= 11 is 0. The molecule has 0 amide bonds. The Balaban J connectivity index is 1.42. The zero-order chi connectivity index (χ0) is 23.4. The van der Waals surface area contributed by atoms with Gasteiger partial charge in [0.15, 0.2) is 11.6 Å². The highest BCUT2D eigenvalue weighted by Crippen LogP contribution is 2.77. The third-order valence-corrected chi connectivity index (χ3v) is 10.8. The van der Waals surface area contributed by atoms with Crippen LogP contribution in [-0.4, -0.2) is 48.1 Å². The molecule has 0 N–H and O–H groups in total. The standard InChI is InChI=1S/C27H38O6/c1-6-25(30-7-2)31-15-21(29)26(33-25)16(3)12-20-19-9-8-17-13-18(28)10-11-23(17,4)27(19)22(32-27)14-24(20,26)5/h13,16,19-20,22H,6-12,14-15H2,1-5H3/t16-,19-,20-,22-,23-,24-,25?,26-,27+/m0/s1. The van der Waals surface area contributed by atoms with Crippen LogP contribution in [-0.2, 0) is 28.5 Å². The van der Waals surface area contributed by atoms with E-state index in [4.69, 9.17) is 18.9 Å². The number of Topliss-reactive ketones (excluding diaryl/α,β-unsaturated/α-hetero) is 1. The van der Waals surface area contributed by atoms with Crippen LogP contribution in [0.2, 0.25) is 0 Å². The summed E-state index contributed by atoms with van der Waals surface area (Å²) in [6.45, 7) is 11.2. The molecule has 33 heavy (non-hydrogen) atoms. The highest BCUT2D eigenvalue weighted by molar-refractivity contribution is 5.92. The van der Waals surface area contributed by atoms with Gasteiger partial charge < -0.3 is 18.9 Å². The van der Waals surface area contributed by atoms with Crippen molar-refractivity contribution in [1.29, 1.82) is 0 Å². The van der Waals surface area contributed by atoms with E-state index in [1.165, 1.54) is 5.57 Å². The monoisotopic (exact) mass is 458 g/mol. The van der Waals surface area contributed by atoms with Gasteiger partial charge in [0.25, 0.3) is 5.97 Å². The second-order valence-corrected chi connectivity index (χ2v) is 11.9. The zero-order valence-corrected chi connectivity index (χ0v) is 20.7. The van der Waals surface area contributed by atoms with Gasteiger partial charge in [-0.2, -0.15) is 0 Å². The number of epoxide rings is 1. The van der Waals surface area contributed by atoms with Gasteiger partial charge in [-0.05, 0) is 62.9 Å². The maximum Gasteiger partial charge on any atom is 0.284 e. The summed E-state index contributed by atoms with van der Waals surface area (Å²) in [4.78, 5) is 25.9. The normalized spacial score (nSPS) is 54.9. The lowest BCUT2D eigenvalue weighted by molar-refractivity contribution is -0.433. The number of rotatable bonds is 3. The third kappa shape index (κ3) is 2.44. The van der Waals surface area contributed by atoms with Crippen molar-refractivity contribution in [2.24, 2.45) is 28.6 Å². The van der Waals surface area contributed by atoms with Crippen LogP contribution in [0, 0.1) is 28.6 Å². The lowest BCUT2D eigenvalue weighted by Crippen LogP contribution is -2.68. The van der Waals surface area contributed by atoms with E-state index in [0.29, 0.717) is 31.3 Å². The van der Waals surface area contributed by atoms with Gasteiger partial charge in [-0.25, -0.2) is 0 Å². The van der Waals surface area contributed by atoms with Gasteiger partial charge in [0.2, 0.25) is 0 Å². The van der Waals surface area contributed by atoms with Crippen LogP contribution in [0.1, 0.15) is 79.6 Å². The highest BCUT2D eigenvalue weighted by Gasteiger charge is 2.83. The molecule has 2 aliphatic heterocycles. The van der Waals surface area contributed by atoms with Crippen LogP contribution in [0.4, 0.5) is 0 Å². The van der Waals surface area contributed by atoms with Crippen molar-refractivity contribution in [1.82, 2.24) is 0 Å². The molecule has 6 nitrogen and oxygen atoms in total. The molecule has 2 spiro atoms. The van der Waals surface area contributed by atoms with Crippen molar-refractivity contribution < 1.29 is 28.5 Å². The van der Waals surface area contributed by atoms with E-state index in [1.807, 2.05) is 19.9 Å². The van der Waals surface area contributed by atoms with E-state index in [-0.39, 0.29) is 46.6 Å². The van der Waals surface area contributed by atoms with Crippen molar-refractivity contribution in [3.05, 3.63) is 11.6 Å². The smallest absolute Gasteiger partial charge is 0.284 e. The number of carbonyl (C=O) groups is 2. The van der Waals surface area contributed by atoms with Gasteiger partial charge in [-0.15, -0.1) is 0 Å². The number of ether oxygens (including phenoxy) is 4. The molecule has 4 aliphatic carbocycles. The molecule has 2 heterocycles. The first kappa shape index (κ1) is 22.4. The minimum atomic E-state index is -1.16. The molecule has 0 radical (unpaired) electrons. The number of ketones is 2. The Morgan fingerprint density at radius 2 is 1.94 bits per heavy atom. The van der Waals surface area contributed by atoms with Crippen molar-refractivity contribution in [2.75, 3.05) is 13.2 Å². The fourth-order valence-corrected chi connectivity index (χ4v) is 9.33. The van der Waals surface area contributed by atoms with E-state index < -0.39 is 11.6 Å². The van der Waals surface area contributed by atoms with Gasteiger partial charge in [0.05, 0.1) is 6.10 Å². The van der Waals surface area contributed by atoms with Crippen LogP contribution in [0.3, 0.4) is 0 Å². The number of hydrogen-bond donors (Lipinski definition) is 0. The first-order valence-corrected chi connectivity index (χ1v) is 13.1. The second-order valence-electron chi connectivity index (χ2n) is 11.9. The topological polar surface area (TPSA) is 74.4 Å². The van der Waals surface area contributed by atoms with Crippen LogP contribution >= 0.6 is 0 Å². The predicted octanol–water partition coefficient (Wildman–Crippen LogP) is 4.35. The molecule has 6 heteroatoms. The van der Waals surface area contributed by atoms with Crippen molar-refractivity contribution >= 4 is 11.6 Å². The van der Waals surface area contributed by atoms with Gasteiger partial charge in [-0.1, -0.05) is 33.3 Å². The second kappa shape index (κ2) is 6.77. The van der Waals surface area contributed by atoms with E-state index >= 15 is 0 Å². The van der Waals surface area contributed by atoms with E-state index in [9.17, 15) is 9.59 Å². The lowest BCUT2D eigenvalue weighted by atomic mass is 9.46. The molecule has 5 fully saturated rings. The molecular formula is C27H38O6. The Morgan fingerprint density at radius 3 is 2.67 bits per heavy atom. The van der Waals surface area contributed by atoms with Crippen molar-refractivity contribution in [2.45, 2.75) is 103 Å². The molecule has 2 saturated heterocycles. The summed E-state index contributed by atoms with van der Waals surface area (Å²) in [5.74, 6) is -0.0467. The average molecular weight is 459 g/mol. The lowest BCUT2D eigenvalue weighted by Gasteiger charge is -2.59. The molecular weight excluding hydrogens is 420 g/mol. The Hall–Kier alpha value is -1.08. The Labute approximate surface area is 196 Å². The third-order valence-electron chi connectivity index (χ3n) is 10.8. The largest absolute Gasteiger partial charge is 0.365 e. The predicted molar refractivity (Wildman–Crippen MR) is 120 cm³/mol. The summed E-state index contributed by atoms with van der Waals surface area (Å²) in [5.41, 5.74) is -0.223. The number of fused-ring (bicyclic) bond motifs is 4. The average Bonchev–Trinajstić information content (AvgIpc) is 3.46. The fraction of sp³-hybridized carbons (Fsp3) is 0.852. The van der Waals surface area contributed by atoms with Gasteiger partial charge in [-0.3, -0.25) is 9.59 Å². The summed E-state index contributed by atoms with van der Waals surface area (Å²) in [6, 6.07) is 0. The Bertz CT molecular complexity index is 943. The van der Waals surface area contributed by atoms with Crippen molar-refractivity contribution in [3.8, 4) is 0 Å². The SMILES string of the molecule is CCOC1(CC)OCC(=O)[C@@]2(O1)[C@@H](C)C[C@H]1[C@@H]3CCC4=CC(=O)CC[C@]4(C)[C@@]34O[C@H]4C[C@@]12C. The van der Waals surface area contributed by atoms with E-state index in [1.54, 1.807) is 0 Å². The van der Waals surface area contributed by atoms with Gasteiger partial charge in [0, 0.05) is 30.3 Å². The van der Waals surface area contributed by atoms with Gasteiger partial charge in [0.1, 0.15) is 17.8 Å². The molecule has 0 aromatic carbocycles. The van der Waals surface area contributed by atoms with Crippen molar-refractivity contribution in [3.63, 3.8) is 0 Å². The molecule has 9 atom stereocenters. The minimum Gasteiger partial charge on any atom is -0.365 e. The fourth-order valence-electron chi connectivity index (χ4n) is 9.33. The van der Waals surface area contributed by atoms with E-state index in [2.05, 4.69) is 20.8 Å². The van der Waals surface area contributed by atoms with Gasteiger partial charge >= 0.3 is 0 Å². The molecule has 6 aliphatic rings. The number of carbonyl (C=O) groups excluding carboxylic acids is 2. The molecule has 182 valence electrons. The van der Waals surface area contributed by atoms with E-state index in [0.717, 1.165) is 32.1 Å². The molecule has 1 unspecified atom stereocenters. The molecule has 3 saturated carbocycles. The quantitative estimate of drug-likeness (QED) is 0.586. The summed E-state index contributed by atoms with van der Waals surface area (Å²) < 4.78 is 25.4. The minimum absolute atomic E-state index is 0.0362. The van der Waals surface area contributed by atoms with Crippen LogP contribution in [0.25, 0.3) is 0 Å². The summed E-state index contributed by atoms with van der Waals surface area (Å²) in [6.07, 6.45) is 7.78. The maximum absolute atomic E-state index is 13.7. The number of hydrogen-bond acceptors (Lipinski definition) is 6. The maximum atomic E-state index is 13.7. The molecule has 0 aromatic heterocycles.